The molecule has 0 radical (unpaired) electrons. The van der Waals surface area contributed by atoms with Crippen LogP contribution in [0.3, 0.4) is 0 Å². The minimum atomic E-state index is -0.343. The van der Waals surface area contributed by atoms with Crippen molar-refractivity contribution in [2.45, 2.75) is 26.3 Å². The summed E-state index contributed by atoms with van der Waals surface area (Å²) < 4.78 is 11.0. The molecule has 5 nitrogen and oxygen atoms in total. The van der Waals surface area contributed by atoms with Crippen molar-refractivity contribution in [2.75, 3.05) is 31.7 Å². The number of amides is 1. The summed E-state index contributed by atoms with van der Waals surface area (Å²) in [7, 11) is 0. The zero-order valence-corrected chi connectivity index (χ0v) is 13.1. The van der Waals surface area contributed by atoms with E-state index in [2.05, 4.69) is 17.6 Å². The first-order valence-electron chi connectivity index (χ1n) is 7.25. The fraction of sp³-hybridized carbons (Fsp3) is 0.533. The molecule has 0 saturated carbocycles. The molecule has 1 aliphatic heterocycles. The lowest BCUT2D eigenvalue weighted by Gasteiger charge is -2.12. The van der Waals surface area contributed by atoms with Crippen molar-refractivity contribution in [3.63, 3.8) is 0 Å². The van der Waals surface area contributed by atoms with Crippen LogP contribution in [0.15, 0.2) is 12.1 Å². The number of fused-ring (bicyclic) bond motifs is 1. The summed E-state index contributed by atoms with van der Waals surface area (Å²) in [5.74, 6) is 0.499. The molecule has 1 aliphatic rings. The fourth-order valence-corrected chi connectivity index (χ4v) is 2.46. The Labute approximate surface area is 130 Å². The lowest BCUT2D eigenvalue weighted by Crippen LogP contribution is -2.27. The van der Waals surface area contributed by atoms with Crippen LogP contribution < -0.4 is 15.4 Å². The first-order valence-corrected chi connectivity index (χ1v) is 7.63. The van der Waals surface area contributed by atoms with Crippen molar-refractivity contribution < 1.29 is 14.3 Å². The van der Waals surface area contributed by atoms with E-state index in [1.54, 1.807) is 12.1 Å². The van der Waals surface area contributed by atoms with E-state index in [1.165, 1.54) is 0 Å². The Kier molecular flexibility index (Phi) is 5.85. The molecule has 1 atom stereocenters. The highest BCUT2D eigenvalue weighted by Gasteiger charge is 2.30. The monoisotopic (exact) mass is 312 g/mol. The quantitative estimate of drug-likeness (QED) is 0.725. The van der Waals surface area contributed by atoms with Gasteiger partial charge in [-0.15, -0.1) is 0 Å². The predicted molar refractivity (Wildman–Crippen MR) is 83.1 cm³/mol. The van der Waals surface area contributed by atoms with Crippen LogP contribution in [-0.2, 0) is 9.53 Å². The first kappa shape index (κ1) is 16.1. The van der Waals surface area contributed by atoms with Crippen LogP contribution in [-0.4, -0.2) is 32.3 Å². The second-order valence-electron chi connectivity index (χ2n) is 4.81. The molecule has 0 aliphatic carbocycles. The number of likely N-dealkylation sites (N-methyl/N-ethyl adjacent to an activating group) is 1. The molecule has 1 heterocycles. The molecule has 1 aromatic rings. The van der Waals surface area contributed by atoms with Crippen molar-refractivity contribution in [3.8, 4) is 5.75 Å². The Morgan fingerprint density at radius 2 is 2.10 bits per heavy atom. The number of ether oxygens (including phenoxy) is 2. The minimum absolute atomic E-state index is 0.0636. The van der Waals surface area contributed by atoms with Gasteiger partial charge in [-0.25, -0.2) is 0 Å². The van der Waals surface area contributed by atoms with Crippen LogP contribution in [0, 0.1) is 0 Å². The number of hydrogen-bond donors (Lipinski definition) is 2. The first-order chi connectivity index (χ1) is 10.2. The maximum absolute atomic E-state index is 11.9. The molecular formula is C15H21ClN2O3. The standard InChI is InChI=1S/C15H21ClN2O3/c1-3-5-20-6-7-21-13-9-12-10(8-11(13)16)14(17-4-2)15(19)18-12/h8-9,14,17H,3-7H2,1-2H3,(H,18,19). The van der Waals surface area contributed by atoms with E-state index >= 15 is 0 Å². The van der Waals surface area contributed by atoms with E-state index in [1.807, 2.05) is 6.92 Å². The van der Waals surface area contributed by atoms with Gasteiger partial charge in [0.1, 0.15) is 18.4 Å². The van der Waals surface area contributed by atoms with Crippen molar-refractivity contribution >= 4 is 23.2 Å². The molecule has 2 rings (SSSR count). The Balaban J connectivity index is 2.03. The summed E-state index contributed by atoms with van der Waals surface area (Å²) in [5.41, 5.74) is 1.61. The number of anilines is 1. The van der Waals surface area contributed by atoms with E-state index in [0.29, 0.717) is 30.5 Å². The molecule has 0 saturated heterocycles. The summed E-state index contributed by atoms with van der Waals surface area (Å²) in [6.07, 6.45) is 0.984. The third-order valence-corrected chi connectivity index (χ3v) is 3.47. The van der Waals surface area contributed by atoms with E-state index in [0.717, 1.165) is 24.3 Å². The van der Waals surface area contributed by atoms with Gasteiger partial charge < -0.3 is 20.1 Å². The highest BCUT2D eigenvalue weighted by molar-refractivity contribution is 6.32. The summed E-state index contributed by atoms with van der Waals surface area (Å²) in [4.78, 5) is 11.9. The number of carbonyl (C=O) groups is 1. The summed E-state index contributed by atoms with van der Waals surface area (Å²) in [5, 5.41) is 6.47. The predicted octanol–water partition coefficient (Wildman–Crippen LogP) is 2.75. The van der Waals surface area contributed by atoms with Gasteiger partial charge in [-0.2, -0.15) is 0 Å². The van der Waals surface area contributed by atoms with Crippen LogP contribution in [0.4, 0.5) is 5.69 Å². The summed E-state index contributed by atoms with van der Waals surface area (Å²) >= 11 is 6.23. The van der Waals surface area contributed by atoms with Crippen LogP contribution in [0.2, 0.25) is 5.02 Å². The van der Waals surface area contributed by atoms with Gasteiger partial charge in [-0.05, 0) is 19.0 Å². The Bertz CT molecular complexity index is 508. The zero-order valence-electron chi connectivity index (χ0n) is 12.4. The topological polar surface area (TPSA) is 59.6 Å². The largest absolute Gasteiger partial charge is 0.490 e. The van der Waals surface area contributed by atoms with Crippen molar-refractivity contribution in [1.82, 2.24) is 5.32 Å². The molecule has 1 unspecified atom stereocenters. The smallest absolute Gasteiger partial charge is 0.246 e. The molecule has 2 N–H and O–H groups in total. The zero-order chi connectivity index (χ0) is 15.2. The number of rotatable bonds is 8. The van der Waals surface area contributed by atoms with Crippen LogP contribution in [0.5, 0.6) is 5.75 Å². The average molecular weight is 313 g/mol. The van der Waals surface area contributed by atoms with E-state index in [-0.39, 0.29) is 11.9 Å². The van der Waals surface area contributed by atoms with Crippen molar-refractivity contribution in [3.05, 3.63) is 22.7 Å². The molecule has 21 heavy (non-hydrogen) atoms. The van der Waals surface area contributed by atoms with Gasteiger partial charge in [0.15, 0.2) is 0 Å². The molecule has 116 valence electrons. The molecule has 0 spiro atoms. The van der Waals surface area contributed by atoms with Gasteiger partial charge in [-0.1, -0.05) is 25.4 Å². The molecule has 6 heteroatoms. The molecular weight excluding hydrogens is 292 g/mol. The average Bonchev–Trinajstić information content (AvgIpc) is 2.75. The molecule has 1 aromatic carbocycles. The summed E-state index contributed by atoms with van der Waals surface area (Å²) in [6, 6.07) is 3.21. The highest BCUT2D eigenvalue weighted by atomic mass is 35.5. The highest BCUT2D eigenvalue weighted by Crippen LogP contribution is 2.38. The van der Waals surface area contributed by atoms with Gasteiger partial charge in [0.2, 0.25) is 5.91 Å². The number of halogens is 1. The molecule has 0 fully saturated rings. The molecule has 0 bridgehead atoms. The van der Waals surface area contributed by atoms with Gasteiger partial charge in [0, 0.05) is 23.9 Å². The number of benzene rings is 1. The van der Waals surface area contributed by atoms with Crippen LogP contribution in [0.25, 0.3) is 0 Å². The van der Waals surface area contributed by atoms with Crippen molar-refractivity contribution in [1.29, 1.82) is 0 Å². The van der Waals surface area contributed by atoms with Crippen molar-refractivity contribution in [2.24, 2.45) is 0 Å². The Hall–Kier alpha value is -1.30. The van der Waals surface area contributed by atoms with Crippen LogP contribution >= 0.6 is 11.6 Å². The fourth-order valence-electron chi connectivity index (χ4n) is 2.24. The molecule has 0 aromatic heterocycles. The van der Waals surface area contributed by atoms with E-state index < -0.39 is 0 Å². The minimum Gasteiger partial charge on any atom is -0.490 e. The number of nitrogens with one attached hydrogen (secondary N) is 2. The van der Waals surface area contributed by atoms with Crippen LogP contribution in [0.1, 0.15) is 31.9 Å². The maximum atomic E-state index is 11.9. The molecule has 1 amide bonds. The normalized spacial score (nSPS) is 16.7. The number of hydrogen-bond acceptors (Lipinski definition) is 4. The third kappa shape index (κ3) is 3.87. The van der Waals surface area contributed by atoms with E-state index in [4.69, 9.17) is 21.1 Å². The van der Waals surface area contributed by atoms with E-state index in [9.17, 15) is 4.79 Å². The lowest BCUT2D eigenvalue weighted by atomic mass is 10.1. The van der Waals surface area contributed by atoms with Gasteiger partial charge >= 0.3 is 0 Å². The lowest BCUT2D eigenvalue weighted by molar-refractivity contribution is -0.117. The summed E-state index contributed by atoms with van der Waals surface area (Å²) in [6.45, 7) is 6.41. The van der Waals surface area contributed by atoms with Gasteiger partial charge in [0.25, 0.3) is 0 Å². The van der Waals surface area contributed by atoms with Gasteiger partial charge in [-0.3, -0.25) is 4.79 Å². The SMILES string of the molecule is CCCOCCOc1cc2c(cc1Cl)C(NCC)C(=O)N2. The van der Waals surface area contributed by atoms with Gasteiger partial charge in [0.05, 0.1) is 11.6 Å². The number of carbonyl (C=O) groups excluding carboxylic acids is 1. The Morgan fingerprint density at radius 3 is 2.81 bits per heavy atom. The Morgan fingerprint density at radius 1 is 1.29 bits per heavy atom. The third-order valence-electron chi connectivity index (χ3n) is 3.18. The maximum Gasteiger partial charge on any atom is 0.246 e. The second kappa shape index (κ2) is 7.64. The second-order valence-corrected chi connectivity index (χ2v) is 5.22.